The number of aromatic nitrogens is 2. The molecule has 6 nitrogen and oxygen atoms in total. The van der Waals surface area contributed by atoms with Crippen molar-refractivity contribution in [3.05, 3.63) is 53.0 Å². The van der Waals surface area contributed by atoms with E-state index in [-0.39, 0.29) is 18.1 Å². The Balaban J connectivity index is 1.64. The zero-order valence-corrected chi connectivity index (χ0v) is 14.5. The molecule has 2 aromatic heterocycles. The quantitative estimate of drug-likeness (QED) is 0.751. The van der Waals surface area contributed by atoms with Gasteiger partial charge in [0.1, 0.15) is 11.3 Å². The summed E-state index contributed by atoms with van der Waals surface area (Å²) in [5.41, 5.74) is 1.69. The van der Waals surface area contributed by atoms with E-state index in [1.165, 1.54) is 0 Å². The van der Waals surface area contributed by atoms with Crippen LogP contribution in [0.3, 0.4) is 0 Å². The van der Waals surface area contributed by atoms with Crippen molar-refractivity contribution >= 4 is 28.6 Å². The molecule has 3 aromatic rings. The SMILES string of the molecule is CC(NC(=O)NC(C)c1cc2cc(Cl)ccc2o1)c1cnn(C)c1. The Morgan fingerprint density at radius 3 is 2.71 bits per heavy atom. The molecule has 0 saturated heterocycles. The van der Waals surface area contributed by atoms with Crippen LogP contribution in [0.4, 0.5) is 4.79 Å². The van der Waals surface area contributed by atoms with Gasteiger partial charge in [0.05, 0.1) is 18.3 Å². The van der Waals surface area contributed by atoms with Gasteiger partial charge in [-0.1, -0.05) is 11.6 Å². The molecule has 3 rings (SSSR count). The van der Waals surface area contributed by atoms with Crippen LogP contribution >= 0.6 is 11.6 Å². The van der Waals surface area contributed by atoms with Crippen molar-refractivity contribution in [2.45, 2.75) is 25.9 Å². The predicted octanol–water partition coefficient (Wildman–Crippen LogP) is 3.94. The first kappa shape index (κ1) is 16.4. The third kappa shape index (κ3) is 3.54. The van der Waals surface area contributed by atoms with Crippen LogP contribution in [0.1, 0.15) is 37.3 Å². The first-order valence-electron chi connectivity index (χ1n) is 7.67. The minimum Gasteiger partial charge on any atom is -0.459 e. The molecule has 0 aliphatic heterocycles. The molecule has 126 valence electrons. The number of furan rings is 1. The summed E-state index contributed by atoms with van der Waals surface area (Å²) >= 11 is 5.98. The minimum absolute atomic E-state index is 0.139. The van der Waals surface area contributed by atoms with Crippen molar-refractivity contribution in [2.75, 3.05) is 0 Å². The number of fused-ring (bicyclic) bond motifs is 1. The summed E-state index contributed by atoms with van der Waals surface area (Å²) in [4.78, 5) is 12.2. The van der Waals surface area contributed by atoms with Gasteiger partial charge in [0.2, 0.25) is 0 Å². The highest BCUT2D eigenvalue weighted by molar-refractivity contribution is 6.31. The molecule has 24 heavy (non-hydrogen) atoms. The van der Waals surface area contributed by atoms with Crippen molar-refractivity contribution in [3.8, 4) is 0 Å². The zero-order chi connectivity index (χ0) is 17.3. The van der Waals surface area contributed by atoms with Crippen molar-refractivity contribution < 1.29 is 9.21 Å². The molecule has 1 aromatic carbocycles. The molecule has 2 unspecified atom stereocenters. The standard InChI is InChI=1S/C17H19ClN4O2/c1-10(13-8-19-22(3)9-13)20-17(23)21-11(2)16-7-12-6-14(18)4-5-15(12)24-16/h4-11H,1-3H3,(H2,20,21,23). The van der Waals surface area contributed by atoms with E-state index in [4.69, 9.17) is 16.0 Å². The molecule has 7 heteroatoms. The minimum atomic E-state index is -0.266. The molecular formula is C17H19ClN4O2. The lowest BCUT2D eigenvalue weighted by atomic mass is 10.2. The summed E-state index contributed by atoms with van der Waals surface area (Å²) in [5, 5.41) is 11.4. The Bertz CT molecular complexity index is 870. The highest BCUT2D eigenvalue weighted by Gasteiger charge is 2.16. The van der Waals surface area contributed by atoms with Crippen LogP contribution in [0, 0.1) is 0 Å². The topological polar surface area (TPSA) is 72.1 Å². The number of amides is 2. The first-order valence-corrected chi connectivity index (χ1v) is 8.05. The molecule has 0 aliphatic rings. The summed E-state index contributed by atoms with van der Waals surface area (Å²) in [6.07, 6.45) is 3.61. The van der Waals surface area contributed by atoms with Gasteiger partial charge < -0.3 is 15.1 Å². The molecule has 0 spiro atoms. The fraction of sp³-hybridized carbons (Fsp3) is 0.294. The number of hydrogen-bond acceptors (Lipinski definition) is 3. The smallest absolute Gasteiger partial charge is 0.315 e. The fourth-order valence-corrected chi connectivity index (χ4v) is 2.68. The third-order valence-corrected chi connectivity index (χ3v) is 4.08. The van der Waals surface area contributed by atoms with Gasteiger partial charge in [-0.15, -0.1) is 0 Å². The van der Waals surface area contributed by atoms with Crippen LogP contribution in [-0.2, 0) is 7.05 Å². The molecule has 0 radical (unpaired) electrons. The Kier molecular flexibility index (Phi) is 4.49. The molecular weight excluding hydrogens is 328 g/mol. The highest BCUT2D eigenvalue weighted by atomic mass is 35.5. The first-order chi connectivity index (χ1) is 11.4. The molecule has 2 amide bonds. The number of benzene rings is 1. The Morgan fingerprint density at radius 1 is 1.25 bits per heavy atom. The number of nitrogens with one attached hydrogen (secondary N) is 2. The molecule has 0 aliphatic carbocycles. The number of nitrogens with zero attached hydrogens (tertiary/aromatic N) is 2. The lowest BCUT2D eigenvalue weighted by molar-refractivity contribution is 0.233. The van der Waals surface area contributed by atoms with Gasteiger partial charge in [-0.3, -0.25) is 4.68 Å². The van der Waals surface area contributed by atoms with E-state index in [9.17, 15) is 4.79 Å². The fourth-order valence-electron chi connectivity index (χ4n) is 2.50. The van der Waals surface area contributed by atoms with Gasteiger partial charge >= 0.3 is 6.03 Å². The van der Waals surface area contributed by atoms with Crippen LogP contribution in [0.5, 0.6) is 0 Å². The number of urea groups is 1. The number of hydrogen-bond donors (Lipinski definition) is 2. The van der Waals surface area contributed by atoms with Crippen molar-refractivity contribution in [1.29, 1.82) is 0 Å². The predicted molar refractivity (Wildman–Crippen MR) is 92.9 cm³/mol. The second kappa shape index (κ2) is 6.57. The van der Waals surface area contributed by atoms with Gasteiger partial charge in [-0.2, -0.15) is 5.10 Å². The van der Waals surface area contributed by atoms with Crippen LogP contribution in [0.2, 0.25) is 5.02 Å². The van der Waals surface area contributed by atoms with E-state index in [1.54, 1.807) is 16.9 Å². The largest absolute Gasteiger partial charge is 0.459 e. The van der Waals surface area contributed by atoms with E-state index < -0.39 is 0 Å². The number of carbonyl (C=O) groups is 1. The van der Waals surface area contributed by atoms with Gasteiger partial charge in [0.15, 0.2) is 0 Å². The summed E-state index contributed by atoms with van der Waals surface area (Å²) in [7, 11) is 1.84. The Morgan fingerprint density at radius 2 is 2.00 bits per heavy atom. The highest BCUT2D eigenvalue weighted by Crippen LogP contribution is 2.26. The van der Waals surface area contributed by atoms with Crippen LogP contribution in [0.25, 0.3) is 11.0 Å². The van der Waals surface area contributed by atoms with E-state index in [2.05, 4.69) is 15.7 Å². The summed E-state index contributed by atoms with van der Waals surface area (Å²) < 4.78 is 7.47. The summed E-state index contributed by atoms with van der Waals surface area (Å²) in [6, 6.07) is 6.64. The number of halogens is 1. The average Bonchev–Trinajstić information content (AvgIpc) is 3.12. The second-order valence-corrected chi connectivity index (χ2v) is 6.28. The van der Waals surface area contributed by atoms with Crippen molar-refractivity contribution in [2.24, 2.45) is 7.05 Å². The van der Waals surface area contributed by atoms with E-state index in [1.807, 2.05) is 45.3 Å². The third-order valence-electron chi connectivity index (χ3n) is 3.84. The monoisotopic (exact) mass is 346 g/mol. The van der Waals surface area contributed by atoms with E-state index in [0.29, 0.717) is 10.8 Å². The Hall–Kier alpha value is -2.47. The maximum atomic E-state index is 12.2. The van der Waals surface area contributed by atoms with Gasteiger partial charge in [-0.25, -0.2) is 4.79 Å². The maximum absolute atomic E-state index is 12.2. The molecule has 2 heterocycles. The van der Waals surface area contributed by atoms with Crippen LogP contribution < -0.4 is 10.6 Å². The molecule has 0 saturated carbocycles. The van der Waals surface area contributed by atoms with Crippen molar-refractivity contribution in [3.63, 3.8) is 0 Å². The van der Waals surface area contributed by atoms with E-state index >= 15 is 0 Å². The van der Waals surface area contributed by atoms with Gasteiger partial charge in [0, 0.05) is 29.2 Å². The average molecular weight is 347 g/mol. The lowest BCUT2D eigenvalue weighted by Crippen LogP contribution is -2.38. The Labute approximate surface area is 144 Å². The normalized spacial score (nSPS) is 13.7. The zero-order valence-electron chi connectivity index (χ0n) is 13.7. The molecule has 2 atom stereocenters. The molecule has 0 fully saturated rings. The molecule has 2 N–H and O–H groups in total. The summed E-state index contributed by atoms with van der Waals surface area (Å²) in [5.74, 6) is 0.677. The number of aryl methyl sites for hydroxylation is 1. The van der Waals surface area contributed by atoms with Crippen molar-refractivity contribution in [1.82, 2.24) is 20.4 Å². The number of rotatable bonds is 4. The lowest BCUT2D eigenvalue weighted by Gasteiger charge is -2.16. The molecule has 0 bridgehead atoms. The number of carbonyl (C=O) groups excluding carboxylic acids is 1. The second-order valence-electron chi connectivity index (χ2n) is 5.84. The van der Waals surface area contributed by atoms with Gasteiger partial charge in [0.25, 0.3) is 0 Å². The van der Waals surface area contributed by atoms with Crippen LogP contribution in [0.15, 0.2) is 41.1 Å². The van der Waals surface area contributed by atoms with Gasteiger partial charge in [-0.05, 0) is 38.1 Å². The maximum Gasteiger partial charge on any atom is 0.315 e. The summed E-state index contributed by atoms with van der Waals surface area (Å²) in [6.45, 7) is 3.78. The van der Waals surface area contributed by atoms with E-state index in [0.717, 1.165) is 16.5 Å². The van der Waals surface area contributed by atoms with Crippen LogP contribution in [-0.4, -0.2) is 15.8 Å².